The van der Waals surface area contributed by atoms with E-state index in [0.29, 0.717) is 5.56 Å². The van der Waals surface area contributed by atoms with Crippen LogP contribution in [0.15, 0.2) is 18.2 Å². The molecule has 1 heterocycles. The van der Waals surface area contributed by atoms with E-state index in [1.807, 2.05) is 6.92 Å². The Balaban J connectivity index is 2.03. The molecule has 0 amide bonds. The summed E-state index contributed by atoms with van der Waals surface area (Å²) in [6, 6.07) is 4.47. The summed E-state index contributed by atoms with van der Waals surface area (Å²) < 4.78 is 13.9. The second-order valence-electron chi connectivity index (χ2n) is 6.58. The number of phenolic OH excluding ortho intramolecular Hbond substituents is 1. The summed E-state index contributed by atoms with van der Waals surface area (Å²) in [5.74, 6) is -0.341. The van der Waals surface area contributed by atoms with Crippen molar-refractivity contribution in [3.8, 4) is 5.75 Å². The maximum Gasteiger partial charge on any atom is 0.131 e. The lowest BCUT2D eigenvalue weighted by Crippen LogP contribution is -2.53. The highest BCUT2D eigenvalue weighted by molar-refractivity contribution is 5.29. The van der Waals surface area contributed by atoms with E-state index < -0.39 is 0 Å². The minimum Gasteiger partial charge on any atom is -0.508 e. The smallest absolute Gasteiger partial charge is 0.131 e. The first-order valence-electron chi connectivity index (χ1n) is 7.26. The first-order valence-corrected chi connectivity index (χ1v) is 7.26. The van der Waals surface area contributed by atoms with Gasteiger partial charge < -0.3 is 5.11 Å². The van der Waals surface area contributed by atoms with Gasteiger partial charge in [-0.15, -0.1) is 0 Å². The molecule has 1 aliphatic heterocycles. The highest BCUT2D eigenvalue weighted by Crippen LogP contribution is 2.27. The van der Waals surface area contributed by atoms with Gasteiger partial charge >= 0.3 is 0 Å². The molecule has 1 unspecified atom stereocenters. The minimum absolute atomic E-state index is 0.0176. The molecule has 112 valence electrons. The van der Waals surface area contributed by atoms with Crippen molar-refractivity contribution in [1.82, 2.24) is 9.80 Å². The van der Waals surface area contributed by atoms with Gasteiger partial charge in [0.25, 0.3) is 0 Å². The Bertz CT molecular complexity index is 462. The van der Waals surface area contributed by atoms with Crippen molar-refractivity contribution in [3.63, 3.8) is 0 Å². The molecule has 0 aromatic heterocycles. The number of phenols is 1. The number of piperazine rings is 1. The number of nitrogens with zero attached hydrogens (tertiary/aromatic N) is 2. The Kier molecular flexibility index (Phi) is 4.35. The van der Waals surface area contributed by atoms with E-state index in [9.17, 15) is 9.50 Å². The monoisotopic (exact) mass is 280 g/mol. The molecule has 1 aromatic carbocycles. The van der Waals surface area contributed by atoms with Gasteiger partial charge in [0.1, 0.15) is 11.6 Å². The van der Waals surface area contributed by atoms with E-state index in [0.717, 1.165) is 26.2 Å². The van der Waals surface area contributed by atoms with Crippen LogP contribution in [0, 0.1) is 5.82 Å². The summed E-state index contributed by atoms with van der Waals surface area (Å²) in [4.78, 5) is 4.76. The van der Waals surface area contributed by atoms with E-state index in [1.165, 1.54) is 6.07 Å². The van der Waals surface area contributed by atoms with E-state index >= 15 is 0 Å². The highest BCUT2D eigenvalue weighted by Gasteiger charge is 2.28. The number of rotatable bonds is 2. The fourth-order valence-corrected chi connectivity index (χ4v) is 2.83. The Morgan fingerprint density at radius 2 is 1.75 bits per heavy atom. The molecule has 3 nitrogen and oxygen atoms in total. The standard InChI is InChI=1S/C16H25FN2O/c1-12(14-6-5-13(20)11-15(14)17)18-7-9-19(10-8-18)16(2,3)4/h5-6,11-12,20H,7-10H2,1-4H3. The zero-order chi connectivity index (χ0) is 14.9. The molecular weight excluding hydrogens is 255 g/mol. The average molecular weight is 280 g/mol. The van der Waals surface area contributed by atoms with Gasteiger partial charge in [-0.3, -0.25) is 9.80 Å². The molecule has 0 saturated carbocycles. The van der Waals surface area contributed by atoms with E-state index in [2.05, 4.69) is 30.6 Å². The van der Waals surface area contributed by atoms with Gasteiger partial charge in [-0.1, -0.05) is 6.07 Å². The lowest BCUT2D eigenvalue weighted by atomic mass is 10.0. The highest BCUT2D eigenvalue weighted by atomic mass is 19.1. The van der Waals surface area contributed by atoms with Crippen LogP contribution in [0.5, 0.6) is 5.75 Å². The zero-order valence-electron chi connectivity index (χ0n) is 12.9. The molecule has 0 aliphatic carbocycles. The summed E-state index contributed by atoms with van der Waals surface area (Å²) in [6.07, 6.45) is 0. The quantitative estimate of drug-likeness (QED) is 0.902. The molecule has 1 fully saturated rings. The topological polar surface area (TPSA) is 26.7 Å². The molecule has 1 N–H and O–H groups in total. The molecule has 1 aliphatic rings. The van der Waals surface area contributed by atoms with E-state index in [-0.39, 0.29) is 23.1 Å². The summed E-state index contributed by atoms with van der Waals surface area (Å²) in [5.41, 5.74) is 0.853. The van der Waals surface area contributed by atoms with Crippen LogP contribution in [0.1, 0.15) is 39.3 Å². The van der Waals surface area contributed by atoms with Gasteiger partial charge in [0, 0.05) is 49.4 Å². The van der Waals surface area contributed by atoms with Gasteiger partial charge in [0.05, 0.1) is 0 Å². The third-order valence-electron chi connectivity index (χ3n) is 4.24. The number of aromatic hydroxyl groups is 1. The third-order valence-corrected chi connectivity index (χ3v) is 4.24. The second-order valence-corrected chi connectivity index (χ2v) is 6.58. The van der Waals surface area contributed by atoms with Crippen LogP contribution >= 0.6 is 0 Å². The molecule has 0 bridgehead atoms. The van der Waals surface area contributed by atoms with Crippen molar-refractivity contribution in [1.29, 1.82) is 0 Å². The van der Waals surface area contributed by atoms with Crippen molar-refractivity contribution in [2.75, 3.05) is 26.2 Å². The predicted octanol–water partition coefficient (Wildman–Crippen LogP) is 3.01. The second kappa shape index (κ2) is 5.70. The number of hydrogen-bond donors (Lipinski definition) is 1. The van der Waals surface area contributed by atoms with Gasteiger partial charge in [-0.05, 0) is 33.8 Å². The molecule has 1 aromatic rings. The molecule has 1 saturated heterocycles. The van der Waals surface area contributed by atoms with Crippen molar-refractivity contribution in [3.05, 3.63) is 29.6 Å². The zero-order valence-corrected chi connectivity index (χ0v) is 12.9. The Morgan fingerprint density at radius 3 is 2.25 bits per heavy atom. The maximum atomic E-state index is 13.9. The van der Waals surface area contributed by atoms with Crippen molar-refractivity contribution in [2.45, 2.75) is 39.3 Å². The van der Waals surface area contributed by atoms with Crippen LogP contribution in [0.2, 0.25) is 0 Å². The molecule has 2 rings (SSSR count). The van der Waals surface area contributed by atoms with Gasteiger partial charge in [0.2, 0.25) is 0 Å². The summed E-state index contributed by atoms with van der Waals surface area (Å²) in [6.45, 7) is 12.6. The third kappa shape index (κ3) is 3.30. The number of halogens is 1. The van der Waals surface area contributed by atoms with Crippen molar-refractivity contribution < 1.29 is 9.50 Å². The molecular formula is C16H25FN2O. The normalized spacial score (nSPS) is 20.1. The molecule has 0 spiro atoms. The number of hydrogen-bond acceptors (Lipinski definition) is 3. The van der Waals surface area contributed by atoms with Crippen LogP contribution in [0.3, 0.4) is 0 Å². The lowest BCUT2D eigenvalue weighted by molar-refractivity contribution is 0.0446. The Labute approximate surface area is 121 Å². The van der Waals surface area contributed by atoms with E-state index in [4.69, 9.17) is 0 Å². The fraction of sp³-hybridized carbons (Fsp3) is 0.625. The maximum absolute atomic E-state index is 13.9. The van der Waals surface area contributed by atoms with Crippen LogP contribution in [-0.2, 0) is 0 Å². The van der Waals surface area contributed by atoms with E-state index in [1.54, 1.807) is 12.1 Å². The van der Waals surface area contributed by atoms with Crippen molar-refractivity contribution in [2.24, 2.45) is 0 Å². The molecule has 0 radical (unpaired) electrons. The Hall–Kier alpha value is -1.13. The molecule has 1 atom stereocenters. The lowest BCUT2D eigenvalue weighted by Gasteiger charge is -2.44. The van der Waals surface area contributed by atoms with Crippen LogP contribution in [0.25, 0.3) is 0 Å². The minimum atomic E-state index is -0.323. The van der Waals surface area contributed by atoms with Gasteiger partial charge in [0.15, 0.2) is 0 Å². The van der Waals surface area contributed by atoms with Crippen LogP contribution in [-0.4, -0.2) is 46.6 Å². The summed E-state index contributed by atoms with van der Waals surface area (Å²) >= 11 is 0. The van der Waals surface area contributed by atoms with Crippen molar-refractivity contribution >= 4 is 0 Å². The molecule has 20 heavy (non-hydrogen) atoms. The Morgan fingerprint density at radius 1 is 1.15 bits per heavy atom. The van der Waals surface area contributed by atoms with Gasteiger partial charge in [-0.2, -0.15) is 0 Å². The summed E-state index contributed by atoms with van der Waals surface area (Å²) in [5, 5.41) is 9.29. The fourth-order valence-electron chi connectivity index (χ4n) is 2.83. The first kappa shape index (κ1) is 15.3. The van der Waals surface area contributed by atoms with Gasteiger partial charge in [-0.25, -0.2) is 4.39 Å². The van der Waals surface area contributed by atoms with Crippen LogP contribution < -0.4 is 0 Å². The average Bonchev–Trinajstić information content (AvgIpc) is 2.37. The molecule has 4 heteroatoms. The largest absolute Gasteiger partial charge is 0.508 e. The summed E-state index contributed by atoms with van der Waals surface area (Å²) in [7, 11) is 0. The SMILES string of the molecule is CC(c1ccc(O)cc1F)N1CCN(C(C)(C)C)CC1. The number of benzene rings is 1. The first-order chi connectivity index (χ1) is 9.29. The predicted molar refractivity (Wildman–Crippen MR) is 79.4 cm³/mol. The van der Waals surface area contributed by atoms with Crippen LogP contribution in [0.4, 0.5) is 4.39 Å².